The third-order valence-electron chi connectivity index (χ3n) is 2.60. The third kappa shape index (κ3) is 2.43. The van der Waals surface area contributed by atoms with Crippen molar-refractivity contribution in [3.05, 3.63) is 36.4 Å². The van der Waals surface area contributed by atoms with E-state index in [0.717, 1.165) is 21.1 Å². The predicted octanol–water partition coefficient (Wildman–Crippen LogP) is 3.03. The van der Waals surface area contributed by atoms with Crippen LogP contribution in [0.25, 0.3) is 10.2 Å². The highest BCUT2D eigenvalue weighted by Gasteiger charge is 2.06. The number of fused-ring (bicyclic) bond motifs is 1. The second-order valence-corrected chi connectivity index (χ2v) is 4.96. The fraction of sp³-hybridized carbons (Fsp3) is 0.0769. The monoisotopic (exact) mass is 272 g/mol. The van der Waals surface area contributed by atoms with Gasteiger partial charge in [-0.2, -0.15) is 0 Å². The molecule has 0 unspecified atom stereocenters. The molecule has 3 rings (SSSR count). The van der Waals surface area contributed by atoms with Crippen LogP contribution in [0.15, 0.2) is 36.4 Å². The molecule has 0 bridgehead atoms. The molecular formula is C13H12N4OS. The highest BCUT2D eigenvalue weighted by atomic mass is 32.1. The van der Waals surface area contributed by atoms with Gasteiger partial charge in [-0.1, -0.05) is 17.4 Å². The van der Waals surface area contributed by atoms with Crippen molar-refractivity contribution in [2.45, 2.75) is 0 Å². The average Bonchev–Trinajstić information content (AvgIpc) is 2.79. The molecule has 0 amide bonds. The molecule has 3 N–H and O–H groups in total. The average molecular weight is 272 g/mol. The van der Waals surface area contributed by atoms with Gasteiger partial charge in [0.25, 0.3) is 0 Å². The molecule has 0 aliphatic carbocycles. The summed E-state index contributed by atoms with van der Waals surface area (Å²) < 4.78 is 6.26. The summed E-state index contributed by atoms with van der Waals surface area (Å²) in [5.74, 6) is 1.99. The molecule has 3 aromatic rings. The van der Waals surface area contributed by atoms with Crippen LogP contribution in [-0.2, 0) is 0 Å². The summed E-state index contributed by atoms with van der Waals surface area (Å²) >= 11 is 1.54. The number of nitrogen functional groups attached to an aromatic ring is 1. The van der Waals surface area contributed by atoms with Gasteiger partial charge in [-0.25, -0.2) is 9.97 Å². The van der Waals surface area contributed by atoms with E-state index >= 15 is 0 Å². The number of hydrogen-bond acceptors (Lipinski definition) is 6. The quantitative estimate of drug-likeness (QED) is 0.766. The molecule has 6 heteroatoms. The molecule has 5 nitrogen and oxygen atoms in total. The van der Waals surface area contributed by atoms with Gasteiger partial charge in [0.15, 0.2) is 5.13 Å². The van der Waals surface area contributed by atoms with Crippen LogP contribution in [0.2, 0.25) is 0 Å². The number of aromatic nitrogens is 2. The molecular weight excluding hydrogens is 260 g/mol. The van der Waals surface area contributed by atoms with Gasteiger partial charge in [-0.05, 0) is 30.3 Å². The Bertz CT molecular complexity index is 725. The van der Waals surface area contributed by atoms with Crippen LogP contribution in [0.5, 0.6) is 5.75 Å². The van der Waals surface area contributed by atoms with Crippen molar-refractivity contribution in [3.8, 4) is 5.75 Å². The maximum Gasteiger partial charge on any atom is 0.189 e. The molecule has 1 aromatic carbocycles. The summed E-state index contributed by atoms with van der Waals surface area (Å²) in [6.45, 7) is 0. The van der Waals surface area contributed by atoms with Gasteiger partial charge < -0.3 is 15.8 Å². The van der Waals surface area contributed by atoms with Crippen LogP contribution in [0.3, 0.4) is 0 Å². The van der Waals surface area contributed by atoms with Crippen LogP contribution >= 0.6 is 11.3 Å². The first-order valence-corrected chi connectivity index (χ1v) is 6.50. The molecule has 19 heavy (non-hydrogen) atoms. The van der Waals surface area contributed by atoms with Crippen molar-refractivity contribution in [1.29, 1.82) is 0 Å². The number of nitrogens with zero attached hydrogens (tertiary/aromatic N) is 2. The Labute approximate surface area is 114 Å². The molecule has 0 radical (unpaired) electrons. The zero-order valence-corrected chi connectivity index (χ0v) is 11.1. The van der Waals surface area contributed by atoms with E-state index < -0.39 is 0 Å². The maximum atomic E-state index is 5.64. The highest BCUT2D eigenvalue weighted by molar-refractivity contribution is 7.22. The van der Waals surface area contributed by atoms with Crippen LogP contribution < -0.4 is 15.8 Å². The topological polar surface area (TPSA) is 73.1 Å². The van der Waals surface area contributed by atoms with Crippen molar-refractivity contribution < 1.29 is 4.74 Å². The Morgan fingerprint density at radius 1 is 1.21 bits per heavy atom. The van der Waals surface area contributed by atoms with E-state index in [2.05, 4.69) is 15.3 Å². The fourth-order valence-corrected chi connectivity index (χ4v) is 2.62. The molecule has 96 valence electrons. The highest BCUT2D eigenvalue weighted by Crippen LogP contribution is 2.30. The van der Waals surface area contributed by atoms with Gasteiger partial charge in [0.2, 0.25) is 0 Å². The van der Waals surface area contributed by atoms with Crippen molar-refractivity contribution in [2.24, 2.45) is 0 Å². The Balaban J connectivity index is 1.93. The van der Waals surface area contributed by atoms with E-state index in [4.69, 9.17) is 10.5 Å². The number of nitrogens with two attached hydrogens (primary N) is 1. The largest absolute Gasteiger partial charge is 0.497 e. The zero-order chi connectivity index (χ0) is 13.2. The standard InChI is InChI=1S/C13H12N4OS/c1-18-8-5-6-9-10(7-8)19-13(15-9)17-12-4-2-3-11(14)16-12/h2-7H,1H3,(H3,14,15,16,17). The number of rotatable bonds is 3. The third-order valence-corrected chi connectivity index (χ3v) is 3.53. The second-order valence-electron chi connectivity index (χ2n) is 3.93. The van der Waals surface area contributed by atoms with Crippen LogP contribution in [0, 0.1) is 0 Å². The first kappa shape index (κ1) is 11.7. The minimum Gasteiger partial charge on any atom is -0.497 e. The lowest BCUT2D eigenvalue weighted by Crippen LogP contribution is -1.95. The number of ether oxygens (including phenoxy) is 1. The number of thiazole rings is 1. The molecule has 2 heterocycles. The lowest BCUT2D eigenvalue weighted by atomic mass is 10.3. The summed E-state index contributed by atoms with van der Waals surface area (Å²) in [5, 5.41) is 3.93. The van der Waals surface area contributed by atoms with Gasteiger partial charge in [0.05, 0.1) is 17.3 Å². The van der Waals surface area contributed by atoms with E-state index in [9.17, 15) is 0 Å². The summed E-state index contributed by atoms with van der Waals surface area (Å²) in [6.07, 6.45) is 0. The van der Waals surface area contributed by atoms with Gasteiger partial charge in [0, 0.05) is 0 Å². The number of benzene rings is 1. The van der Waals surface area contributed by atoms with Crippen molar-refractivity contribution in [1.82, 2.24) is 9.97 Å². The number of hydrogen-bond donors (Lipinski definition) is 2. The second kappa shape index (κ2) is 4.74. The van der Waals surface area contributed by atoms with Crippen LogP contribution in [0.4, 0.5) is 16.8 Å². The molecule has 0 spiro atoms. The lowest BCUT2D eigenvalue weighted by Gasteiger charge is -2.01. The van der Waals surface area contributed by atoms with Crippen molar-refractivity contribution in [2.75, 3.05) is 18.2 Å². The molecule has 0 saturated carbocycles. The van der Waals surface area contributed by atoms with E-state index in [1.807, 2.05) is 30.3 Å². The van der Waals surface area contributed by atoms with E-state index in [-0.39, 0.29) is 0 Å². The zero-order valence-electron chi connectivity index (χ0n) is 10.3. The molecule has 0 aliphatic rings. The first-order valence-electron chi connectivity index (χ1n) is 5.69. The Morgan fingerprint density at radius 2 is 2.11 bits per heavy atom. The number of methoxy groups -OCH3 is 1. The minimum atomic E-state index is 0.479. The van der Waals surface area contributed by atoms with Gasteiger partial charge >= 0.3 is 0 Å². The lowest BCUT2D eigenvalue weighted by molar-refractivity contribution is 0.415. The summed E-state index contributed by atoms with van der Waals surface area (Å²) in [6, 6.07) is 11.2. The Kier molecular flexibility index (Phi) is 2.92. The fourth-order valence-electron chi connectivity index (χ4n) is 1.72. The van der Waals surface area contributed by atoms with Gasteiger partial charge in [-0.3, -0.25) is 0 Å². The van der Waals surface area contributed by atoms with E-state index in [1.54, 1.807) is 24.5 Å². The SMILES string of the molecule is COc1ccc2nc(Nc3cccc(N)n3)sc2c1. The first-order chi connectivity index (χ1) is 9.24. The molecule has 0 aliphatic heterocycles. The molecule has 0 fully saturated rings. The summed E-state index contributed by atoms with van der Waals surface area (Å²) in [4.78, 5) is 8.67. The summed E-state index contributed by atoms with van der Waals surface area (Å²) in [7, 11) is 1.65. The maximum absolute atomic E-state index is 5.64. The Morgan fingerprint density at radius 3 is 2.89 bits per heavy atom. The van der Waals surface area contributed by atoms with Crippen LogP contribution in [-0.4, -0.2) is 17.1 Å². The van der Waals surface area contributed by atoms with Crippen molar-refractivity contribution in [3.63, 3.8) is 0 Å². The predicted molar refractivity (Wildman–Crippen MR) is 78.1 cm³/mol. The molecule has 0 saturated heterocycles. The van der Waals surface area contributed by atoms with Crippen molar-refractivity contribution >= 4 is 38.3 Å². The van der Waals surface area contributed by atoms with Gasteiger partial charge in [-0.15, -0.1) is 0 Å². The Hall–Kier alpha value is -2.34. The summed E-state index contributed by atoms with van der Waals surface area (Å²) in [5.41, 5.74) is 6.57. The normalized spacial score (nSPS) is 10.6. The number of anilines is 3. The smallest absolute Gasteiger partial charge is 0.189 e. The van der Waals surface area contributed by atoms with E-state index in [1.165, 1.54) is 0 Å². The van der Waals surface area contributed by atoms with Crippen LogP contribution in [0.1, 0.15) is 0 Å². The number of nitrogens with one attached hydrogen (secondary N) is 1. The molecule has 2 aromatic heterocycles. The van der Waals surface area contributed by atoms with Gasteiger partial charge in [0.1, 0.15) is 17.4 Å². The number of pyridine rings is 1. The molecule has 0 atom stereocenters. The van der Waals surface area contributed by atoms with E-state index in [0.29, 0.717) is 11.6 Å². The minimum absolute atomic E-state index is 0.479.